The van der Waals surface area contributed by atoms with Crippen molar-refractivity contribution in [2.75, 3.05) is 0 Å². The lowest BCUT2D eigenvalue weighted by molar-refractivity contribution is 0.653. The van der Waals surface area contributed by atoms with E-state index in [1.807, 2.05) is 23.5 Å². The van der Waals surface area contributed by atoms with Crippen LogP contribution in [0.2, 0.25) is 0 Å². The van der Waals surface area contributed by atoms with Gasteiger partial charge in [0.15, 0.2) is 11.6 Å². The molecule has 4 heterocycles. The van der Waals surface area contributed by atoms with Gasteiger partial charge in [0.2, 0.25) is 5.71 Å². The third-order valence-corrected chi connectivity index (χ3v) is 16.0. The van der Waals surface area contributed by atoms with E-state index in [2.05, 4.69) is 192 Å². The molecule has 65 heavy (non-hydrogen) atoms. The second-order valence-corrected chi connectivity index (χ2v) is 19.5. The van der Waals surface area contributed by atoms with Crippen molar-refractivity contribution < 1.29 is 4.42 Å². The Bertz CT molecular complexity index is 4020. The van der Waals surface area contributed by atoms with Gasteiger partial charge in [0, 0.05) is 40.8 Å². The van der Waals surface area contributed by atoms with E-state index in [1.165, 1.54) is 84.6 Å². The fourth-order valence-electron chi connectivity index (χ4n) is 10.2. The SMILES string of the molecule is C=Ic1c(/C=C\C)c2c3ccccc3sc2c2c1c1ccccc1n2-c1nc(-c2ccc3c(c2)/C(=C\c2cccc(-c4ccccc4)c2)Cc2ccccc2-3)nc2oc3ccccc3c12. The number of halogens is 1. The van der Waals surface area contributed by atoms with E-state index in [0.717, 1.165) is 45.2 Å². The van der Waals surface area contributed by atoms with Crippen LogP contribution in [0.25, 0.3) is 121 Å². The van der Waals surface area contributed by atoms with Crippen molar-refractivity contribution in [2.24, 2.45) is 0 Å². The summed E-state index contributed by atoms with van der Waals surface area (Å²) in [5.74, 6) is 1.43. The predicted octanol–water partition coefficient (Wildman–Crippen LogP) is 16.5. The molecule has 8 aromatic carbocycles. The summed E-state index contributed by atoms with van der Waals surface area (Å²) in [6, 6.07) is 60.9. The molecule has 1 aliphatic rings. The molecule has 0 spiro atoms. The second-order valence-electron chi connectivity index (χ2n) is 16.6. The third kappa shape index (κ3) is 5.97. The number of para-hydroxylation sites is 2. The topological polar surface area (TPSA) is 43.9 Å². The van der Waals surface area contributed by atoms with Crippen LogP contribution in [-0.2, 0) is 6.42 Å². The lowest BCUT2D eigenvalue weighted by Gasteiger charge is -2.23. The Morgan fingerprint density at radius 3 is 2.29 bits per heavy atom. The largest absolute Gasteiger partial charge is 0.437 e. The number of thiophene rings is 1. The molecule has 0 fully saturated rings. The summed E-state index contributed by atoms with van der Waals surface area (Å²) in [6.45, 7) is 2.11. The van der Waals surface area contributed by atoms with Crippen molar-refractivity contribution in [2.45, 2.75) is 13.3 Å². The van der Waals surface area contributed by atoms with Crippen LogP contribution in [0.1, 0.15) is 29.2 Å². The Kier molecular flexibility index (Phi) is 8.93. The molecule has 0 radical (unpaired) electrons. The van der Waals surface area contributed by atoms with Crippen molar-refractivity contribution in [1.29, 1.82) is 0 Å². The van der Waals surface area contributed by atoms with Crippen LogP contribution >= 0.6 is 32.1 Å². The zero-order valence-electron chi connectivity index (χ0n) is 35.3. The van der Waals surface area contributed by atoms with Crippen LogP contribution < -0.4 is 0 Å². The molecule has 0 amide bonds. The minimum Gasteiger partial charge on any atom is -0.437 e. The molecule has 1 aliphatic carbocycles. The fraction of sp³-hybridized carbons (Fsp3) is 0.0339. The van der Waals surface area contributed by atoms with Crippen molar-refractivity contribution in [3.63, 3.8) is 0 Å². The number of allylic oxidation sites excluding steroid dienone is 2. The normalized spacial score (nSPS) is 13.3. The smallest absolute Gasteiger partial charge is 0.233 e. The molecule has 0 atom stereocenters. The quantitative estimate of drug-likeness (QED) is 0.156. The van der Waals surface area contributed by atoms with E-state index < -0.39 is 20.7 Å². The Balaban J connectivity index is 1.10. The molecule has 4 nitrogen and oxygen atoms in total. The van der Waals surface area contributed by atoms with E-state index >= 15 is 0 Å². The van der Waals surface area contributed by atoms with Gasteiger partial charge in [-0.05, 0) is 93.8 Å². The first kappa shape index (κ1) is 38.2. The molecule has 0 saturated carbocycles. The zero-order chi connectivity index (χ0) is 43.2. The van der Waals surface area contributed by atoms with E-state index in [-0.39, 0.29) is 0 Å². The molecule has 0 N–H and O–H groups in total. The molecule has 0 saturated heterocycles. The number of hydrogen-bond acceptors (Lipinski definition) is 4. The molecule has 308 valence electrons. The number of benzene rings is 8. The third-order valence-electron chi connectivity index (χ3n) is 13.0. The highest BCUT2D eigenvalue weighted by Gasteiger charge is 2.28. The lowest BCUT2D eigenvalue weighted by atomic mass is 9.81. The number of hydrogen-bond donors (Lipinski definition) is 0. The van der Waals surface area contributed by atoms with Gasteiger partial charge in [-0.25, -0.2) is 4.98 Å². The first-order valence-electron chi connectivity index (χ1n) is 21.9. The van der Waals surface area contributed by atoms with E-state index in [4.69, 9.17) is 14.4 Å². The van der Waals surface area contributed by atoms with Crippen LogP contribution in [0, 0.1) is 3.57 Å². The first-order valence-corrected chi connectivity index (χ1v) is 25.3. The maximum absolute atomic E-state index is 6.73. The van der Waals surface area contributed by atoms with Crippen LogP contribution in [0.5, 0.6) is 0 Å². The van der Waals surface area contributed by atoms with Crippen LogP contribution in [-0.4, -0.2) is 19.0 Å². The maximum Gasteiger partial charge on any atom is 0.233 e. The van der Waals surface area contributed by atoms with Gasteiger partial charge in [-0.3, -0.25) is 4.57 Å². The van der Waals surface area contributed by atoms with Gasteiger partial charge in [0.25, 0.3) is 0 Å². The van der Waals surface area contributed by atoms with Gasteiger partial charge in [-0.1, -0.05) is 183 Å². The average Bonchev–Trinajstić information content (AvgIpc) is 4.04. The number of furan rings is 1. The fourth-order valence-corrected chi connectivity index (χ4v) is 13.2. The Morgan fingerprint density at radius 2 is 1.42 bits per heavy atom. The minimum atomic E-state index is -0.597. The summed E-state index contributed by atoms with van der Waals surface area (Å²) < 4.78 is 17.7. The van der Waals surface area contributed by atoms with Crippen molar-refractivity contribution in [3.05, 3.63) is 202 Å². The summed E-state index contributed by atoms with van der Waals surface area (Å²) in [5.41, 5.74) is 15.6. The zero-order valence-corrected chi connectivity index (χ0v) is 38.3. The Labute approximate surface area is 389 Å². The number of nitrogens with zero attached hydrogens (tertiary/aromatic N) is 3. The molecule has 12 aromatic rings. The Hall–Kier alpha value is -7.26. The number of fused-ring (bicyclic) bond motifs is 13. The van der Waals surface area contributed by atoms with Gasteiger partial charge in [0.1, 0.15) is 5.58 Å². The predicted molar refractivity (Wildman–Crippen MR) is 285 cm³/mol. The summed E-state index contributed by atoms with van der Waals surface area (Å²) in [5, 5.41) is 6.90. The van der Waals surface area contributed by atoms with E-state index in [1.54, 1.807) is 0 Å². The van der Waals surface area contributed by atoms with Crippen molar-refractivity contribution >= 4 is 118 Å². The summed E-state index contributed by atoms with van der Waals surface area (Å²) in [7, 11) is 0. The summed E-state index contributed by atoms with van der Waals surface area (Å²) in [4.78, 5) is 11.0. The first-order chi connectivity index (χ1) is 32.1. The molecule has 4 aromatic heterocycles. The van der Waals surface area contributed by atoms with Gasteiger partial charge >= 0.3 is 0 Å². The molecule has 6 heteroatoms. The maximum atomic E-state index is 6.73. The molecule has 0 aliphatic heterocycles. The highest BCUT2D eigenvalue weighted by atomic mass is 127. The molecular formula is C59H38IN3OS. The highest BCUT2D eigenvalue weighted by Crippen LogP contribution is 2.49. The van der Waals surface area contributed by atoms with E-state index in [0.29, 0.717) is 11.5 Å². The van der Waals surface area contributed by atoms with Crippen LogP contribution in [0.15, 0.2) is 180 Å². The summed E-state index contributed by atoms with van der Waals surface area (Å²) >= 11 is 1.26. The monoisotopic (exact) mass is 963 g/mol. The number of rotatable bonds is 6. The average molecular weight is 964 g/mol. The number of aromatic nitrogens is 3. The standard InChI is InChI=1S/C59H38IN3OS/c1-3-16-46-51-45-25-11-14-28-50(45)65-56(51)55-52(54(46)60-2)43-23-9-12-26-48(43)63(55)58-53-44-24-10-13-27-49(44)64-59(53)62-57(61-58)39-29-30-42-41-22-8-7-20-38(41)33-40(47(42)34-39)32-35-17-15-21-37(31-35)36-18-5-4-6-19-36/h3-32,34H,2,33H2,1H3/b16-3-,40-32-. The molecular weight excluding hydrogens is 926 g/mol. The van der Waals surface area contributed by atoms with Crippen LogP contribution in [0.4, 0.5) is 0 Å². The molecule has 0 bridgehead atoms. The second kappa shape index (κ2) is 15.2. The van der Waals surface area contributed by atoms with E-state index in [9.17, 15) is 0 Å². The minimum absolute atomic E-state index is 0.566. The van der Waals surface area contributed by atoms with Crippen molar-refractivity contribution in [3.8, 4) is 39.5 Å². The van der Waals surface area contributed by atoms with Gasteiger partial charge in [-0.15, -0.1) is 11.3 Å². The van der Waals surface area contributed by atoms with Crippen LogP contribution in [0.3, 0.4) is 0 Å². The lowest BCUT2D eigenvalue weighted by Crippen LogP contribution is -2.05. The van der Waals surface area contributed by atoms with Crippen molar-refractivity contribution in [1.82, 2.24) is 14.5 Å². The van der Waals surface area contributed by atoms with Gasteiger partial charge < -0.3 is 4.42 Å². The highest BCUT2D eigenvalue weighted by molar-refractivity contribution is 14.2. The Morgan fingerprint density at radius 1 is 0.646 bits per heavy atom. The summed E-state index contributed by atoms with van der Waals surface area (Å²) in [6.07, 6.45) is 7.65. The molecule has 13 rings (SSSR count). The molecule has 0 unspecified atom stereocenters. The van der Waals surface area contributed by atoms with Gasteiger partial charge in [-0.2, -0.15) is 4.98 Å². The van der Waals surface area contributed by atoms with Gasteiger partial charge in [0.05, 0.1) is 21.1 Å².